The molecule has 0 spiro atoms. The molecule has 116 valence electrons. The van der Waals surface area contributed by atoms with Crippen molar-refractivity contribution in [3.8, 4) is 5.75 Å². The van der Waals surface area contributed by atoms with Crippen LogP contribution in [0.2, 0.25) is 0 Å². The van der Waals surface area contributed by atoms with E-state index in [9.17, 15) is 0 Å². The van der Waals surface area contributed by atoms with Crippen LogP contribution < -0.4 is 10.5 Å². The lowest BCUT2D eigenvalue weighted by Gasteiger charge is -2.47. The molecule has 0 amide bonds. The molecule has 2 fully saturated rings. The smallest absolute Gasteiger partial charge is 0.123 e. The van der Waals surface area contributed by atoms with E-state index in [0.717, 1.165) is 17.7 Å². The number of piperidine rings is 1. The molecule has 21 heavy (non-hydrogen) atoms. The zero-order valence-electron chi connectivity index (χ0n) is 13.1. The molecule has 3 nitrogen and oxygen atoms in total. The summed E-state index contributed by atoms with van der Waals surface area (Å²) in [7, 11) is 1.76. The van der Waals surface area contributed by atoms with Crippen LogP contribution in [0.1, 0.15) is 50.1 Å². The van der Waals surface area contributed by atoms with Crippen LogP contribution in [0, 0.1) is 5.92 Å². The average Bonchev–Trinajstić information content (AvgIpc) is 2.56. The average molecular weight is 288 g/mol. The molecule has 3 atom stereocenters. The van der Waals surface area contributed by atoms with Crippen LogP contribution in [0.4, 0.5) is 0 Å². The van der Waals surface area contributed by atoms with Crippen molar-refractivity contribution in [3.63, 3.8) is 0 Å². The molecule has 0 aromatic heterocycles. The van der Waals surface area contributed by atoms with Gasteiger partial charge >= 0.3 is 0 Å². The summed E-state index contributed by atoms with van der Waals surface area (Å²) < 4.78 is 5.57. The Kier molecular flexibility index (Phi) is 4.81. The summed E-state index contributed by atoms with van der Waals surface area (Å²) in [5.41, 5.74) is 7.44. The van der Waals surface area contributed by atoms with E-state index in [1.807, 2.05) is 6.07 Å². The van der Waals surface area contributed by atoms with Crippen molar-refractivity contribution in [1.29, 1.82) is 0 Å². The number of ether oxygens (including phenoxy) is 1. The largest absolute Gasteiger partial charge is 0.496 e. The lowest BCUT2D eigenvalue weighted by molar-refractivity contribution is 0.0269. The molecule has 0 bridgehead atoms. The monoisotopic (exact) mass is 288 g/mol. The molecule has 1 heterocycles. The minimum atomic E-state index is 0.298. The number of nitrogens with zero attached hydrogens (tertiary/aromatic N) is 1. The van der Waals surface area contributed by atoms with E-state index < -0.39 is 0 Å². The number of benzene rings is 1. The number of fused-ring (bicyclic) bond motifs is 1. The fourth-order valence-electron chi connectivity index (χ4n) is 4.43. The van der Waals surface area contributed by atoms with E-state index in [1.54, 1.807) is 7.11 Å². The van der Waals surface area contributed by atoms with Crippen LogP contribution in [-0.2, 0) is 0 Å². The fraction of sp³-hybridized carbons (Fsp3) is 0.667. The van der Waals surface area contributed by atoms with E-state index in [1.165, 1.54) is 50.6 Å². The zero-order valence-corrected chi connectivity index (χ0v) is 13.1. The Hall–Kier alpha value is -1.06. The quantitative estimate of drug-likeness (QED) is 0.923. The Morgan fingerprint density at radius 3 is 2.76 bits per heavy atom. The van der Waals surface area contributed by atoms with Gasteiger partial charge in [0, 0.05) is 18.2 Å². The van der Waals surface area contributed by atoms with E-state index in [-0.39, 0.29) is 0 Å². The molecule has 0 radical (unpaired) electrons. The van der Waals surface area contributed by atoms with Crippen LogP contribution in [0.15, 0.2) is 24.3 Å². The van der Waals surface area contributed by atoms with Crippen molar-refractivity contribution in [3.05, 3.63) is 29.8 Å². The summed E-state index contributed by atoms with van der Waals surface area (Å²) in [5, 5.41) is 0. The van der Waals surface area contributed by atoms with Gasteiger partial charge in [0.1, 0.15) is 5.75 Å². The lowest BCUT2D eigenvalue weighted by Crippen LogP contribution is -2.50. The highest BCUT2D eigenvalue weighted by atomic mass is 16.5. The van der Waals surface area contributed by atoms with Crippen molar-refractivity contribution in [1.82, 2.24) is 4.90 Å². The first-order chi connectivity index (χ1) is 10.3. The highest BCUT2D eigenvalue weighted by Gasteiger charge is 2.37. The van der Waals surface area contributed by atoms with Crippen molar-refractivity contribution < 1.29 is 4.74 Å². The second-order valence-corrected chi connectivity index (χ2v) is 6.49. The lowest BCUT2D eigenvalue weighted by atomic mass is 9.77. The van der Waals surface area contributed by atoms with Crippen LogP contribution >= 0.6 is 0 Å². The van der Waals surface area contributed by atoms with Crippen molar-refractivity contribution in [2.24, 2.45) is 11.7 Å². The molecule has 1 aromatic carbocycles. The second-order valence-electron chi connectivity index (χ2n) is 6.49. The Morgan fingerprint density at radius 2 is 1.95 bits per heavy atom. The Morgan fingerprint density at radius 1 is 1.19 bits per heavy atom. The maximum atomic E-state index is 6.18. The summed E-state index contributed by atoms with van der Waals surface area (Å²) in [5.74, 6) is 1.86. The van der Waals surface area contributed by atoms with E-state index in [2.05, 4.69) is 23.1 Å². The number of rotatable bonds is 4. The van der Waals surface area contributed by atoms with Crippen LogP contribution in [0.5, 0.6) is 5.75 Å². The number of nitrogens with two attached hydrogens (primary N) is 1. The van der Waals surface area contributed by atoms with Gasteiger partial charge < -0.3 is 10.5 Å². The number of methoxy groups -OCH3 is 1. The summed E-state index contributed by atoms with van der Waals surface area (Å²) >= 11 is 0. The van der Waals surface area contributed by atoms with Crippen molar-refractivity contribution in [2.45, 2.75) is 50.6 Å². The first-order valence-corrected chi connectivity index (χ1v) is 8.44. The Balaban J connectivity index is 1.87. The fourth-order valence-corrected chi connectivity index (χ4v) is 4.43. The molecule has 1 aliphatic heterocycles. The van der Waals surface area contributed by atoms with Gasteiger partial charge in [-0.1, -0.05) is 31.0 Å². The molecule has 2 aliphatic rings. The van der Waals surface area contributed by atoms with Gasteiger partial charge in [0.05, 0.1) is 13.2 Å². The third-order valence-electron chi connectivity index (χ3n) is 5.41. The van der Waals surface area contributed by atoms with Gasteiger partial charge in [-0.25, -0.2) is 0 Å². The Labute approximate surface area is 128 Å². The number of hydrogen-bond donors (Lipinski definition) is 1. The van der Waals surface area contributed by atoms with Gasteiger partial charge in [-0.3, -0.25) is 4.90 Å². The maximum absolute atomic E-state index is 6.18. The maximum Gasteiger partial charge on any atom is 0.123 e. The molecule has 3 heteroatoms. The molecule has 1 saturated heterocycles. The van der Waals surface area contributed by atoms with Gasteiger partial charge in [0.2, 0.25) is 0 Å². The topological polar surface area (TPSA) is 38.5 Å². The van der Waals surface area contributed by atoms with Crippen LogP contribution in [-0.4, -0.2) is 31.1 Å². The predicted octanol–water partition coefficient (Wildman–Crippen LogP) is 3.35. The van der Waals surface area contributed by atoms with Crippen LogP contribution in [0.25, 0.3) is 0 Å². The summed E-state index contributed by atoms with van der Waals surface area (Å²) in [6.07, 6.45) is 8.26. The number of para-hydroxylation sites is 1. The molecular formula is C18H28N2O. The van der Waals surface area contributed by atoms with E-state index in [0.29, 0.717) is 12.6 Å². The van der Waals surface area contributed by atoms with E-state index >= 15 is 0 Å². The van der Waals surface area contributed by atoms with Crippen molar-refractivity contribution in [2.75, 3.05) is 20.2 Å². The number of hydrogen-bond acceptors (Lipinski definition) is 3. The first kappa shape index (κ1) is 14.9. The normalized spacial score (nSPS) is 27.9. The van der Waals surface area contributed by atoms with Gasteiger partial charge in [-0.15, -0.1) is 0 Å². The van der Waals surface area contributed by atoms with Gasteiger partial charge in [-0.2, -0.15) is 0 Å². The van der Waals surface area contributed by atoms with Gasteiger partial charge in [0.25, 0.3) is 0 Å². The Bertz CT molecular complexity index is 460. The van der Waals surface area contributed by atoms with Crippen molar-refractivity contribution >= 4 is 0 Å². The van der Waals surface area contributed by atoms with Gasteiger partial charge in [0.15, 0.2) is 0 Å². The third kappa shape index (κ3) is 2.95. The SMILES string of the molecule is COc1ccccc1C(CN)N1CCC[C@H]2CCCC[C@H]21. The molecular weight excluding hydrogens is 260 g/mol. The van der Waals surface area contributed by atoms with Crippen LogP contribution in [0.3, 0.4) is 0 Å². The molecule has 1 unspecified atom stereocenters. The molecule has 3 rings (SSSR count). The number of likely N-dealkylation sites (tertiary alicyclic amines) is 1. The summed E-state index contributed by atoms with van der Waals surface area (Å²) in [4.78, 5) is 2.69. The highest BCUT2D eigenvalue weighted by molar-refractivity contribution is 5.36. The minimum absolute atomic E-state index is 0.298. The summed E-state index contributed by atoms with van der Waals surface area (Å²) in [6.45, 7) is 1.85. The third-order valence-corrected chi connectivity index (χ3v) is 5.41. The standard InChI is InChI=1S/C18H28N2O/c1-21-18-11-5-3-9-15(18)17(13-19)20-12-6-8-14-7-2-4-10-16(14)20/h3,5,9,11,14,16-17H,2,4,6-8,10,12-13,19H2,1H3/t14-,16-,17?/m1/s1. The second kappa shape index (κ2) is 6.80. The molecule has 1 aromatic rings. The molecule has 1 saturated carbocycles. The van der Waals surface area contributed by atoms with Gasteiger partial charge in [-0.05, 0) is 44.2 Å². The predicted molar refractivity (Wildman–Crippen MR) is 86.5 cm³/mol. The highest BCUT2D eigenvalue weighted by Crippen LogP contribution is 2.40. The van der Waals surface area contributed by atoms with E-state index in [4.69, 9.17) is 10.5 Å². The summed E-state index contributed by atoms with van der Waals surface area (Å²) in [6, 6.07) is 9.40. The molecule has 1 aliphatic carbocycles. The first-order valence-electron chi connectivity index (χ1n) is 8.44. The molecule has 2 N–H and O–H groups in total. The zero-order chi connectivity index (χ0) is 14.7. The minimum Gasteiger partial charge on any atom is -0.496 e.